The number of fused-ring (bicyclic) bond motifs is 5. The van der Waals surface area contributed by atoms with Crippen LogP contribution in [0.25, 0.3) is 0 Å². The van der Waals surface area contributed by atoms with E-state index in [0.29, 0.717) is 30.6 Å². The van der Waals surface area contributed by atoms with Crippen LogP contribution in [0.1, 0.15) is 52.4 Å². The summed E-state index contributed by atoms with van der Waals surface area (Å²) in [7, 11) is 5.50. The summed E-state index contributed by atoms with van der Waals surface area (Å²) in [6.45, 7) is 5.12. The van der Waals surface area contributed by atoms with Gasteiger partial charge in [0.1, 0.15) is 5.78 Å². The van der Waals surface area contributed by atoms with Crippen LogP contribution in [0, 0.1) is 34.5 Å². The van der Waals surface area contributed by atoms with Crippen LogP contribution in [0.3, 0.4) is 0 Å². The second-order valence-electron chi connectivity index (χ2n) is 10.4. The van der Waals surface area contributed by atoms with Gasteiger partial charge in [0.05, 0.1) is 0 Å². The normalized spacial score (nSPS) is 42.9. The molecule has 0 bridgehead atoms. The predicted molar refractivity (Wildman–Crippen MR) is 107 cm³/mol. The van der Waals surface area contributed by atoms with Crippen molar-refractivity contribution in [2.75, 3.05) is 27.7 Å². The fraction of sp³-hybridized carbons (Fsp3) is 0.783. The van der Waals surface area contributed by atoms with Gasteiger partial charge in [0.2, 0.25) is 11.8 Å². The van der Waals surface area contributed by atoms with Crippen molar-refractivity contribution in [2.45, 2.75) is 52.4 Å². The number of amides is 2. The van der Waals surface area contributed by atoms with Crippen molar-refractivity contribution in [1.82, 2.24) is 9.80 Å². The SMILES string of the molecule is CN(C)C(=O)C1CCC2C3CCC4=CC(=O)N(C)CC[C@]4(C)C3C(=O)C[C@]12C. The van der Waals surface area contributed by atoms with Gasteiger partial charge >= 0.3 is 0 Å². The summed E-state index contributed by atoms with van der Waals surface area (Å²) < 4.78 is 0. The van der Waals surface area contributed by atoms with E-state index in [9.17, 15) is 14.4 Å². The molecule has 0 aromatic carbocycles. The van der Waals surface area contributed by atoms with Crippen LogP contribution in [0.2, 0.25) is 0 Å². The van der Waals surface area contributed by atoms with Gasteiger partial charge in [-0.25, -0.2) is 0 Å². The number of likely N-dealkylation sites (N-methyl/N-ethyl adjacent to an activating group) is 1. The third-order valence-electron chi connectivity index (χ3n) is 8.80. The number of hydrogen-bond acceptors (Lipinski definition) is 3. The molecule has 1 heterocycles. The first-order chi connectivity index (χ1) is 13.1. The van der Waals surface area contributed by atoms with E-state index in [1.165, 1.54) is 5.57 Å². The molecular weight excluding hydrogens is 352 g/mol. The van der Waals surface area contributed by atoms with Crippen LogP contribution in [0.15, 0.2) is 11.6 Å². The minimum atomic E-state index is -0.217. The predicted octanol–water partition coefficient (Wildman–Crippen LogP) is 2.90. The maximum Gasteiger partial charge on any atom is 0.246 e. The van der Waals surface area contributed by atoms with E-state index in [1.54, 1.807) is 9.80 Å². The Morgan fingerprint density at radius 1 is 1.18 bits per heavy atom. The molecule has 2 amide bonds. The Labute approximate surface area is 168 Å². The van der Waals surface area contributed by atoms with Gasteiger partial charge in [0.15, 0.2) is 0 Å². The van der Waals surface area contributed by atoms with E-state index in [-0.39, 0.29) is 34.5 Å². The lowest BCUT2D eigenvalue weighted by Crippen LogP contribution is -2.55. The van der Waals surface area contributed by atoms with E-state index < -0.39 is 0 Å². The lowest BCUT2D eigenvalue weighted by Gasteiger charge is -2.56. The lowest BCUT2D eigenvalue weighted by atomic mass is 9.47. The van der Waals surface area contributed by atoms with E-state index in [0.717, 1.165) is 32.1 Å². The molecule has 154 valence electrons. The van der Waals surface area contributed by atoms with E-state index >= 15 is 0 Å². The Hall–Kier alpha value is -1.65. The minimum Gasteiger partial charge on any atom is -0.349 e. The summed E-state index contributed by atoms with van der Waals surface area (Å²) >= 11 is 0. The lowest BCUT2D eigenvalue weighted by molar-refractivity contribution is -0.150. The molecule has 5 heteroatoms. The number of hydrogen-bond donors (Lipinski definition) is 0. The summed E-state index contributed by atoms with van der Waals surface area (Å²) in [5.41, 5.74) is 0.749. The zero-order chi connectivity index (χ0) is 20.4. The second-order valence-corrected chi connectivity index (χ2v) is 10.4. The Balaban J connectivity index is 1.70. The molecule has 1 aliphatic heterocycles. The molecule has 0 N–H and O–H groups in total. The van der Waals surface area contributed by atoms with Crippen LogP contribution < -0.4 is 0 Å². The Morgan fingerprint density at radius 2 is 1.89 bits per heavy atom. The molecule has 6 atom stereocenters. The van der Waals surface area contributed by atoms with Crippen LogP contribution in [0.4, 0.5) is 0 Å². The minimum absolute atomic E-state index is 0.00177. The highest BCUT2D eigenvalue weighted by Crippen LogP contribution is 2.65. The molecule has 0 aromatic heterocycles. The Morgan fingerprint density at radius 3 is 2.57 bits per heavy atom. The number of carbonyl (C=O) groups is 3. The summed E-state index contributed by atoms with van der Waals surface area (Å²) in [6, 6.07) is 0. The van der Waals surface area contributed by atoms with Crippen LogP contribution in [-0.4, -0.2) is 55.1 Å². The molecule has 0 spiro atoms. The number of nitrogens with zero attached hydrogens (tertiary/aromatic N) is 2. The molecule has 3 saturated carbocycles. The fourth-order valence-electron chi connectivity index (χ4n) is 7.22. The molecular formula is C23H34N2O3. The summed E-state index contributed by atoms with van der Waals surface area (Å²) in [5.74, 6) is 1.31. The monoisotopic (exact) mass is 386 g/mol. The summed E-state index contributed by atoms with van der Waals surface area (Å²) in [4.78, 5) is 42.3. The first-order valence-corrected chi connectivity index (χ1v) is 10.8. The van der Waals surface area contributed by atoms with Gasteiger partial charge in [-0.2, -0.15) is 0 Å². The van der Waals surface area contributed by atoms with Crippen LogP contribution >= 0.6 is 0 Å². The second kappa shape index (κ2) is 6.43. The standard InChI is InChI=1S/C23H34N2O3/c1-22-10-11-25(5)19(27)12-14(22)6-7-15-16-8-9-17(21(28)24(3)4)23(16,2)13-18(26)20(15)22/h12,15-17,20H,6-11,13H2,1-5H3/t15?,16?,17?,20?,22-,23-/m0/s1. The van der Waals surface area contributed by atoms with Crippen LogP contribution in [-0.2, 0) is 14.4 Å². The summed E-state index contributed by atoms with van der Waals surface area (Å²) in [5, 5.41) is 0. The highest BCUT2D eigenvalue weighted by atomic mass is 16.2. The van der Waals surface area contributed by atoms with E-state index in [2.05, 4.69) is 13.8 Å². The van der Waals surface area contributed by atoms with E-state index in [1.807, 2.05) is 27.2 Å². The third kappa shape index (κ3) is 2.61. The number of allylic oxidation sites excluding steroid dienone is 1. The maximum absolute atomic E-state index is 13.6. The van der Waals surface area contributed by atoms with Gasteiger partial charge in [-0.1, -0.05) is 19.4 Å². The topological polar surface area (TPSA) is 57.7 Å². The zero-order valence-electron chi connectivity index (χ0n) is 18.0. The number of carbonyl (C=O) groups excluding carboxylic acids is 3. The van der Waals surface area contributed by atoms with Gasteiger partial charge in [-0.3, -0.25) is 14.4 Å². The Bertz CT molecular complexity index is 757. The highest BCUT2D eigenvalue weighted by Gasteiger charge is 2.63. The van der Waals surface area contributed by atoms with Gasteiger partial charge in [0, 0.05) is 57.4 Å². The molecule has 0 saturated heterocycles. The van der Waals surface area contributed by atoms with Crippen molar-refractivity contribution in [3.63, 3.8) is 0 Å². The average molecular weight is 387 g/mol. The average Bonchev–Trinajstić information content (AvgIpc) is 2.91. The maximum atomic E-state index is 13.6. The van der Waals surface area contributed by atoms with Crippen molar-refractivity contribution in [1.29, 1.82) is 0 Å². The van der Waals surface area contributed by atoms with Crippen molar-refractivity contribution in [3.05, 3.63) is 11.6 Å². The molecule has 4 unspecified atom stereocenters. The quantitative estimate of drug-likeness (QED) is 0.696. The fourth-order valence-corrected chi connectivity index (χ4v) is 7.22. The molecule has 4 aliphatic rings. The highest BCUT2D eigenvalue weighted by molar-refractivity contribution is 5.90. The molecule has 5 nitrogen and oxygen atoms in total. The Kier molecular flexibility index (Phi) is 4.51. The van der Waals surface area contributed by atoms with Gasteiger partial charge in [0.25, 0.3) is 0 Å². The molecule has 28 heavy (non-hydrogen) atoms. The van der Waals surface area contributed by atoms with Gasteiger partial charge in [-0.15, -0.1) is 0 Å². The van der Waals surface area contributed by atoms with E-state index in [4.69, 9.17) is 0 Å². The van der Waals surface area contributed by atoms with Gasteiger partial charge < -0.3 is 9.80 Å². The number of rotatable bonds is 1. The van der Waals surface area contributed by atoms with Gasteiger partial charge in [-0.05, 0) is 49.4 Å². The first-order valence-electron chi connectivity index (χ1n) is 10.8. The molecule has 3 fully saturated rings. The molecule has 0 radical (unpaired) electrons. The first kappa shape index (κ1) is 19.7. The molecule has 3 aliphatic carbocycles. The van der Waals surface area contributed by atoms with Crippen molar-refractivity contribution < 1.29 is 14.4 Å². The smallest absolute Gasteiger partial charge is 0.246 e. The number of Topliss-reactive ketones (excluding diaryl/α,β-unsaturated/α-hetero) is 1. The number of ketones is 1. The van der Waals surface area contributed by atoms with Crippen molar-refractivity contribution in [2.24, 2.45) is 34.5 Å². The van der Waals surface area contributed by atoms with Crippen molar-refractivity contribution in [3.8, 4) is 0 Å². The third-order valence-corrected chi connectivity index (χ3v) is 8.80. The molecule has 0 aromatic rings. The zero-order valence-corrected chi connectivity index (χ0v) is 18.0. The molecule has 4 rings (SSSR count). The largest absolute Gasteiger partial charge is 0.349 e. The van der Waals surface area contributed by atoms with Crippen molar-refractivity contribution >= 4 is 17.6 Å². The van der Waals surface area contributed by atoms with Crippen LogP contribution in [0.5, 0.6) is 0 Å². The summed E-state index contributed by atoms with van der Waals surface area (Å²) in [6.07, 6.45) is 7.00.